The Morgan fingerprint density at radius 3 is 2.44 bits per heavy atom. The van der Waals surface area contributed by atoms with Gasteiger partial charge in [0.25, 0.3) is 0 Å². The van der Waals surface area contributed by atoms with Crippen molar-refractivity contribution >= 4 is 0 Å². The maximum Gasteiger partial charge on any atom is 0.0716 e. The minimum atomic E-state index is 0.439. The van der Waals surface area contributed by atoms with Gasteiger partial charge in [0.1, 0.15) is 0 Å². The average molecular weight is 249 g/mol. The van der Waals surface area contributed by atoms with Crippen molar-refractivity contribution in [3.8, 4) is 0 Å². The van der Waals surface area contributed by atoms with E-state index in [0.29, 0.717) is 12.5 Å². The average Bonchev–Trinajstić information content (AvgIpc) is 2.42. The Morgan fingerprint density at radius 2 is 1.83 bits per heavy atom. The van der Waals surface area contributed by atoms with E-state index in [1.54, 1.807) is 0 Å². The molecule has 0 spiro atoms. The Balaban J connectivity index is 2.22. The van der Waals surface area contributed by atoms with Crippen molar-refractivity contribution < 1.29 is 4.74 Å². The molecule has 1 aromatic rings. The summed E-state index contributed by atoms with van der Waals surface area (Å²) >= 11 is 0. The van der Waals surface area contributed by atoms with E-state index in [0.717, 1.165) is 13.2 Å². The van der Waals surface area contributed by atoms with Crippen molar-refractivity contribution in [1.29, 1.82) is 0 Å². The van der Waals surface area contributed by atoms with E-state index in [1.165, 1.54) is 36.8 Å². The summed E-state index contributed by atoms with van der Waals surface area (Å²) in [5.41, 5.74) is 8.21. The molecule has 2 N–H and O–H groups in total. The minimum Gasteiger partial charge on any atom is -0.377 e. The third-order valence-corrected chi connectivity index (χ3v) is 3.31. The lowest BCUT2D eigenvalue weighted by molar-refractivity contribution is 0.117. The molecular weight excluding hydrogens is 222 g/mol. The van der Waals surface area contributed by atoms with E-state index < -0.39 is 0 Å². The molecule has 0 aliphatic rings. The van der Waals surface area contributed by atoms with Gasteiger partial charge in [-0.3, -0.25) is 0 Å². The van der Waals surface area contributed by atoms with Crippen LogP contribution in [0, 0.1) is 0 Å². The van der Waals surface area contributed by atoms with Crippen LogP contribution >= 0.6 is 0 Å². The molecule has 0 fully saturated rings. The molecule has 102 valence electrons. The van der Waals surface area contributed by atoms with Gasteiger partial charge in [-0.2, -0.15) is 0 Å². The molecule has 1 unspecified atom stereocenters. The topological polar surface area (TPSA) is 35.2 Å². The van der Waals surface area contributed by atoms with Gasteiger partial charge in [0.2, 0.25) is 0 Å². The zero-order valence-corrected chi connectivity index (χ0v) is 11.8. The van der Waals surface area contributed by atoms with Crippen molar-refractivity contribution in [3.63, 3.8) is 0 Å². The molecule has 0 saturated carbocycles. The zero-order chi connectivity index (χ0) is 13.2. The van der Waals surface area contributed by atoms with Crippen LogP contribution in [0.1, 0.15) is 56.6 Å². The SMILES string of the molecule is CCCCCCOCc1ccc(C(C)CN)cc1. The predicted molar refractivity (Wildman–Crippen MR) is 77.7 cm³/mol. The first-order valence-corrected chi connectivity index (χ1v) is 7.14. The van der Waals surface area contributed by atoms with Crippen molar-refractivity contribution in [1.82, 2.24) is 0 Å². The molecule has 0 bridgehead atoms. The quantitative estimate of drug-likeness (QED) is 0.675. The molecule has 0 aliphatic heterocycles. The normalized spacial score (nSPS) is 12.6. The number of benzene rings is 1. The summed E-state index contributed by atoms with van der Waals surface area (Å²) in [6.45, 7) is 6.68. The summed E-state index contributed by atoms with van der Waals surface area (Å²) in [5, 5.41) is 0. The molecule has 2 heteroatoms. The lowest BCUT2D eigenvalue weighted by atomic mass is 10.0. The Kier molecular flexibility index (Phi) is 7.70. The number of hydrogen-bond donors (Lipinski definition) is 1. The lowest BCUT2D eigenvalue weighted by Crippen LogP contribution is -2.08. The molecule has 1 rings (SSSR count). The van der Waals surface area contributed by atoms with Gasteiger partial charge >= 0.3 is 0 Å². The lowest BCUT2D eigenvalue weighted by Gasteiger charge is -2.10. The van der Waals surface area contributed by atoms with Crippen LogP contribution < -0.4 is 5.73 Å². The Labute approximate surface area is 112 Å². The first-order valence-electron chi connectivity index (χ1n) is 7.14. The molecule has 0 saturated heterocycles. The zero-order valence-electron chi connectivity index (χ0n) is 11.8. The van der Waals surface area contributed by atoms with Gasteiger partial charge < -0.3 is 10.5 Å². The fourth-order valence-corrected chi connectivity index (χ4v) is 1.90. The van der Waals surface area contributed by atoms with E-state index >= 15 is 0 Å². The molecule has 1 atom stereocenters. The third-order valence-electron chi connectivity index (χ3n) is 3.31. The van der Waals surface area contributed by atoms with Gasteiger partial charge in [0.15, 0.2) is 0 Å². The number of nitrogens with two attached hydrogens (primary N) is 1. The number of hydrogen-bond acceptors (Lipinski definition) is 2. The van der Waals surface area contributed by atoms with Gasteiger partial charge in [-0.25, -0.2) is 0 Å². The second-order valence-corrected chi connectivity index (χ2v) is 4.99. The van der Waals surface area contributed by atoms with Crippen molar-refractivity contribution in [3.05, 3.63) is 35.4 Å². The van der Waals surface area contributed by atoms with E-state index in [-0.39, 0.29) is 0 Å². The van der Waals surface area contributed by atoms with Crippen LogP contribution in [0.2, 0.25) is 0 Å². The Hall–Kier alpha value is -0.860. The van der Waals surface area contributed by atoms with Crippen LogP contribution in [0.25, 0.3) is 0 Å². The number of rotatable bonds is 9. The summed E-state index contributed by atoms with van der Waals surface area (Å²) < 4.78 is 5.67. The standard InChI is InChI=1S/C16H27NO/c1-3-4-5-6-11-18-13-15-7-9-16(10-8-15)14(2)12-17/h7-10,14H,3-6,11-13,17H2,1-2H3. The maximum absolute atomic E-state index is 5.67. The fraction of sp³-hybridized carbons (Fsp3) is 0.625. The van der Waals surface area contributed by atoms with Crippen LogP contribution in [0.3, 0.4) is 0 Å². The molecule has 0 radical (unpaired) electrons. The highest BCUT2D eigenvalue weighted by atomic mass is 16.5. The van der Waals surface area contributed by atoms with E-state index in [2.05, 4.69) is 38.1 Å². The number of unbranched alkanes of at least 4 members (excludes halogenated alkanes) is 3. The van der Waals surface area contributed by atoms with E-state index in [1.807, 2.05) is 0 Å². The molecule has 0 heterocycles. The van der Waals surface area contributed by atoms with E-state index in [9.17, 15) is 0 Å². The summed E-state index contributed by atoms with van der Waals surface area (Å²) in [7, 11) is 0. The van der Waals surface area contributed by atoms with Crippen LogP contribution in [-0.4, -0.2) is 13.2 Å². The first-order chi connectivity index (χ1) is 8.77. The van der Waals surface area contributed by atoms with E-state index in [4.69, 9.17) is 10.5 Å². The predicted octanol–water partition coefficient (Wildman–Crippen LogP) is 3.85. The molecule has 18 heavy (non-hydrogen) atoms. The van der Waals surface area contributed by atoms with Gasteiger partial charge in [0, 0.05) is 6.61 Å². The van der Waals surface area contributed by atoms with Crippen LogP contribution in [0.4, 0.5) is 0 Å². The summed E-state index contributed by atoms with van der Waals surface area (Å²) in [4.78, 5) is 0. The number of ether oxygens (including phenoxy) is 1. The van der Waals surface area contributed by atoms with Crippen LogP contribution in [0.5, 0.6) is 0 Å². The molecule has 2 nitrogen and oxygen atoms in total. The summed E-state index contributed by atoms with van der Waals surface area (Å²) in [6, 6.07) is 8.61. The highest BCUT2D eigenvalue weighted by molar-refractivity contribution is 5.24. The second-order valence-electron chi connectivity index (χ2n) is 4.99. The molecule has 0 amide bonds. The van der Waals surface area contributed by atoms with Crippen LogP contribution in [0.15, 0.2) is 24.3 Å². The van der Waals surface area contributed by atoms with Crippen molar-refractivity contribution in [2.75, 3.05) is 13.2 Å². The summed E-state index contributed by atoms with van der Waals surface area (Å²) in [5.74, 6) is 0.439. The Bertz CT molecular complexity index is 307. The van der Waals surface area contributed by atoms with Crippen LogP contribution in [-0.2, 0) is 11.3 Å². The van der Waals surface area contributed by atoms with Gasteiger partial charge in [-0.05, 0) is 30.0 Å². The smallest absolute Gasteiger partial charge is 0.0716 e. The fourth-order valence-electron chi connectivity index (χ4n) is 1.90. The highest BCUT2D eigenvalue weighted by Gasteiger charge is 2.02. The largest absolute Gasteiger partial charge is 0.377 e. The first kappa shape index (κ1) is 15.2. The summed E-state index contributed by atoms with van der Waals surface area (Å²) in [6.07, 6.45) is 5.05. The van der Waals surface area contributed by atoms with Gasteiger partial charge in [0.05, 0.1) is 6.61 Å². The molecule has 1 aromatic carbocycles. The monoisotopic (exact) mass is 249 g/mol. The van der Waals surface area contributed by atoms with Gasteiger partial charge in [-0.15, -0.1) is 0 Å². The highest BCUT2D eigenvalue weighted by Crippen LogP contribution is 2.15. The van der Waals surface area contributed by atoms with Gasteiger partial charge in [-0.1, -0.05) is 57.4 Å². The van der Waals surface area contributed by atoms with Crippen molar-refractivity contribution in [2.24, 2.45) is 5.73 Å². The minimum absolute atomic E-state index is 0.439. The maximum atomic E-state index is 5.67. The van der Waals surface area contributed by atoms with Crippen molar-refractivity contribution in [2.45, 2.75) is 52.1 Å². The third kappa shape index (κ3) is 5.65. The molecule has 0 aliphatic carbocycles. The molecular formula is C16H27NO. The second kappa shape index (κ2) is 9.12. The Morgan fingerprint density at radius 1 is 1.11 bits per heavy atom. The molecule has 0 aromatic heterocycles.